The van der Waals surface area contributed by atoms with Gasteiger partial charge < -0.3 is 14.0 Å². The van der Waals surface area contributed by atoms with Crippen molar-refractivity contribution in [3.63, 3.8) is 0 Å². The molecule has 2 rings (SSSR count). The van der Waals surface area contributed by atoms with Gasteiger partial charge in [0.05, 0.1) is 18.7 Å². The predicted molar refractivity (Wildman–Crippen MR) is 74.5 cm³/mol. The third-order valence-corrected chi connectivity index (χ3v) is 3.07. The van der Waals surface area contributed by atoms with Gasteiger partial charge in [-0.3, -0.25) is 0 Å². The Labute approximate surface area is 112 Å². The van der Waals surface area contributed by atoms with Gasteiger partial charge in [0.15, 0.2) is 0 Å². The van der Waals surface area contributed by atoms with Crippen LogP contribution in [0.3, 0.4) is 0 Å². The summed E-state index contributed by atoms with van der Waals surface area (Å²) in [6.45, 7) is 6.62. The van der Waals surface area contributed by atoms with E-state index in [0.29, 0.717) is 13.2 Å². The average molecular weight is 261 g/mol. The van der Waals surface area contributed by atoms with Crippen LogP contribution in [0, 0.1) is 0 Å². The van der Waals surface area contributed by atoms with Crippen molar-refractivity contribution in [1.29, 1.82) is 0 Å². The SMILES string of the molecule is CCOC(=O)C(C)n1ccc2c(OCC)cccc21. The number of rotatable bonds is 5. The lowest BCUT2D eigenvalue weighted by Gasteiger charge is -2.14. The standard InChI is InChI=1S/C15H19NO3/c1-4-18-14-8-6-7-13-12(14)9-10-16(13)11(3)15(17)19-5-2/h6-11H,4-5H2,1-3H3. The highest BCUT2D eigenvalue weighted by Gasteiger charge is 2.18. The second-order valence-corrected chi connectivity index (χ2v) is 4.27. The van der Waals surface area contributed by atoms with Gasteiger partial charge in [-0.2, -0.15) is 0 Å². The molecule has 0 aliphatic heterocycles. The molecular weight excluding hydrogens is 242 g/mol. The van der Waals surface area contributed by atoms with E-state index in [9.17, 15) is 4.79 Å². The van der Waals surface area contributed by atoms with Crippen molar-refractivity contribution in [3.8, 4) is 5.75 Å². The van der Waals surface area contributed by atoms with Crippen molar-refractivity contribution in [3.05, 3.63) is 30.5 Å². The van der Waals surface area contributed by atoms with Crippen molar-refractivity contribution in [2.24, 2.45) is 0 Å². The first-order valence-corrected chi connectivity index (χ1v) is 6.58. The van der Waals surface area contributed by atoms with E-state index < -0.39 is 0 Å². The summed E-state index contributed by atoms with van der Waals surface area (Å²) in [5.41, 5.74) is 0.978. The Hall–Kier alpha value is -1.97. The molecule has 0 N–H and O–H groups in total. The fourth-order valence-electron chi connectivity index (χ4n) is 2.16. The molecule has 0 bridgehead atoms. The minimum absolute atomic E-state index is 0.221. The van der Waals surface area contributed by atoms with Crippen LogP contribution < -0.4 is 4.74 Å². The van der Waals surface area contributed by atoms with E-state index in [1.165, 1.54) is 0 Å². The summed E-state index contributed by atoms with van der Waals surface area (Å²) in [6, 6.07) is 7.48. The van der Waals surface area contributed by atoms with Gasteiger partial charge in [-0.1, -0.05) is 6.07 Å². The van der Waals surface area contributed by atoms with E-state index in [-0.39, 0.29) is 12.0 Å². The molecule has 1 unspecified atom stereocenters. The largest absolute Gasteiger partial charge is 0.493 e. The molecule has 0 amide bonds. The second kappa shape index (κ2) is 5.78. The Morgan fingerprint density at radius 3 is 2.74 bits per heavy atom. The third kappa shape index (κ3) is 2.57. The maximum absolute atomic E-state index is 11.8. The molecule has 102 valence electrons. The fourth-order valence-corrected chi connectivity index (χ4v) is 2.16. The van der Waals surface area contributed by atoms with E-state index in [1.54, 1.807) is 0 Å². The zero-order valence-electron chi connectivity index (χ0n) is 11.6. The van der Waals surface area contributed by atoms with Gasteiger partial charge in [-0.15, -0.1) is 0 Å². The van der Waals surface area contributed by atoms with Crippen LogP contribution in [0.25, 0.3) is 10.9 Å². The number of benzene rings is 1. The van der Waals surface area contributed by atoms with Gasteiger partial charge in [-0.05, 0) is 39.0 Å². The Morgan fingerprint density at radius 2 is 2.05 bits per heavy atom. The van der Waals surface area contributed by atoms with Gasteiger partial charge in [0, 0.05) is 11.6 Å². The first-order chi connectivity index (χ1) is 9.19. The Morgan fingerprint density at radius 1 is 1.26 bits per heavy atom. The highest BCUT2D eigenvalue weighted by Crippen LogP contribution is 2.28. The summed E-state index contributed by atoms with van der Waals surface area (Å²) in [7, 11) is 0. The van der Waals surface area contributed by atoms with Crippen LogP contribution in [0.5, 0.6) is 5.75 Å². The average Bonchev–Trinajstić information content (AvgIpc) is 2.83. The van der Waals surface area contributed by atoms with E-state index in [0.717, 1.165) is 16.7 Å². The van der Waals surface area contributed by atoms with Crippen molar-refractivity contribution in [1.82, 2.24) is 4.57 Å². The zero-order chi connectivity index (χ0) is 13.8. The van der Waals surface area contributed by atoms with Crippen molar-refractivity contribution in [2.45, 2.75) is 26.8 Å². The van der Waals surface area contributed by atoms with Crippen molar-refractivity contribution in [2.75, 3.05) is 13.2 Å². The second-order valence-electron chi connectivity index (χ2n) is 4.27. The molecule has 1 heterocycles. The molecule has 0 spiro atoms. The van der Waals surface area contributed by atoms with Gasteiger partial charge >= 0.3 is 5.97 Å². The Bertz CT molecular complexity index is 574. The van der Waals surface area contributed by atoms with Crippen LogP contribution in [-0.2, 0) is 9.53 Å². The van der Waals surface area contributed by atoms with Gasteiger partial charge in [0.2, 0.25) is 0 Å². The van der Waals surface area contributed by atoms with E-state index in [2.05, 4.69) is 0 Å². The molecular formula is C15H19NO3. The molecule has 0 aliphatic rings. The van der Waals surface area contributed by atoms with Crippen molar-refractivity contribution < 1.29 is 14.3 Å². The summed E-state index contributed by atoms with van der Waals surface area (Å²) < 4.78 is 12.6. The molecule has 0 saturated heterocycles. The predicted octanol–water partition coefficient (Wildman–Crippen LogP) is 3.16. The van der Waals surface area contributed by atoms with Crippen LogP contribution >= 0.6 is 0 Å². The molecule has 1 aromatic heterocycles. The van der Waals surface area contributed by atoms with E-state index in [4.69, 9.17) is 9.47 Å². The van der Waals surface area contributed by atoms with Gasteiger partial charge in [0.25, 0.3) is 0 Å². The lowest BCUT2D eigenvalue weighted by Crippen LogP contribution is -2.18. The van der Waals surface area contributed by atoms with E-state index >= 15 is 0 Å². The first-order valence-electron chi connectivity index (χ1n) is 6.58. The molecule has 1 atom stereocenters. The highest BCUT2D eigenvalue weighted by atomic mass is 16.5. The minimum atomic E-state index is -0.339. The number of hydrogen-bond donors (Lipinski definition) is 0. The fraction of sp³-hybridized carbons (Fsp3) is 0.400. The monoisotopic (exact) mass is 261 g/mol. The van der Waals surface area contributed by atoms with Crippen LogP contribution in [-0.4, -0.2) is 23.8 Å². The number of esters is 1. The quantitative estimate of drug-likeness (QED) is 0.776. The van der Waals surface area contributed by atoms with Gasteiger partial charge in [-0.25, -0.2) is 4.79 Å². The van der Waals surface area contributed by atoms with Crippen LogP contribution in [0.2, 0.25) is 0 Å². The number of carbonyl (C=O) groups excluding carboxylic acids is 1. The summed E-state index contributed by atoms with van der Waals surface area (Å²) in [4.78, 5) is 11.8. The molecule has 2 aromatic rings. The number of hydrogen-bond acceptors (Lipinski definition) is 3. The normalized spacial score (nSPS) is 12.4. The van der Waals surface area contributed by atoms with Crippen molar-refractivity contribution >= 4 is 16.9 Å². The number of aromatic nitrogens is 1. The highest BCUT2D eigenvalue weighted by molar-refractivity contribution is 5.88. The third-order valence-electron chi connectivity index (χ3n) is 3.07. The Balaban J connectivity index is 2.40. The molecule has 19 heavy (non-hydrogen) atoms. The molecule has 0 fully saturated rings. The minimum Gasteiger partial charge on any atom is -0.493 e. The number of carbonyl (C=O) groups is 1. The van der Waals surface area contributed by atoms with Gasteiger partial charge in [0.1, 0.15) is 11.8 Å². The summed E-state index contributed by atoms with van der Waals surface area (Å²) in [5, 5.41) is 1.01. The molecule has 0 saturated carbocycles. The first kappa shape index (κ1) is 13.5. The summed E-state index contributed by atoms with van der Waals surface area (Å²) in [5.74, 6) is 0.622. The summed E-state index contributed by atoms with van der Waals surface area (Å²) >= 11 is 0. The molecule has 0 radical (unpaired) electrons. The van der Waals surface area contributed by atoms with Crippen LogP contribution in [0.4, 0.5) is 0 Å². The molecule has 0 aliphatic carbocycles. The number of fused-ring (bicyclic) bond motifs is 1. The molecule has 4 heteroatoms. The van der Waals surface area contributed by atoms with Crippen LogP contribution in [0.1, 0.15) is 26.8 Å². The maximum Gasteiger partial charge on any atom is 0.328 e. The Kier molecular flexibility index (Phi) is 4.10. The smallest absolute Gasteiger partial charge is 0.328 e. The molecule has 4 nitrogen and oxygen atoms in total. The molecule has 1 aromatic carbocycles. The lowest BCUT2D eigenvalue weighted by molar-refractivity contribution is -0.146. The summed E-state index contributed by atoms with van der Waals surface area (Å²) in [6.07, 6.45) is 1.90. The lowest BCUT2D eigenvalue weighted by atomic mass is 10.2. The zero-order valence-corrected chi connectivity index (χ0v) is 11.6. The number of nitrogens with zero attached hydrogens (tertiary/aromatic N) is 1. The topological polar surface area (TPSA) is 40.5 Å². The van der Waals surface area contributed by atoms with Crippen LogP contribution in [0.15, 0.2) is 30.5 Å². The van der Waals surface area contributed by atoms with E-state index in [1.807, 2.05) is 55.8 Å². The number of ether oxygens (including phenoxy) is 2. The maximum atomic E-state index is 11.8.